The monoisotopic (exact) mass is 904 g/mol. The molecule has 1 aliphatic carbocycles. The third-order valence-electron chi connectivity index (χ3n) is 15.3. The molecule has 2 aromatic heterocycles. The number of benzene rings is 11. The summed E-state index contributed by atoms with van der Waals surface area (Å²) in [7, 11) is 0. The lowest BCUT2D eigenvalue weighted by molar-refractivity contribution is 0.660. The van der Waals surface area contributed by atoms with Crippen LogP contribution in [0.4, 0.5) is 0 Å². The van der Waals surface area contributed by atoms with Gasteiger partial charge in [0.15, 0.2) is 0 Å². The Balaban J connectivity index is 0.918. The van der Waals surface area contributed by atoms with Crippen molar-refractivity contribution in [3.63, 3.8) is 0 Å². The summed E-state index contributed by atoms with van der Waals surface area (Å²) in [6, 6.07) is 94.2. The highest BCUT2D eigenvalue weighted by Crippen LogP contribution is 2.50. The van der Waals surface area contributed by atoms with Crippen LogP contribution in [0.5, 0.6) is 0 Å². The van der Waals surface area contributed by atoms with Crippen LogP contribution in [0, 0.1) is 0 Å². The standard InChI is InChI=1S/C69H48N2/c1-69(2)63-27-14-12-25-57(63)58-33-32-56(44-64(58)69)71-65-28-15-13-26-59(65)60-42-50(30-35-66(60)71)51-31-36-68-62(43-51)61-41-49(45-17-6-3-7-18-45)29-34-67(61)70(68)55-24-16-23-48(40-55)54-38-52(46-19-8-4-9-20-46)37-53(39-54)47-21-10-5-11-22-47/h3-44H,1-2H3. The Hall–Kier alpha value is -8.98. The Kier molecular flexibility index (Phi) is 9.28. The van der Waals surface area contributed by atoms with E-state index < -0.39 is 0 Å². The van der Waals surface area contributed by atoms with Gasteiger partial charge in [-0.1, -0.05) is 184 Å². The Morgan fingerprint density at radius 1 is 0.239 bits per heavy atom. The summed E-state index contributed by atoms with van der Waals surface area (Å²) in [5.74, 6) is 0. The maximum atomic E-state index is 2.46. The van der Waals surface area contributed by atoms with E-state index in [1.54, 1.807) is 0 Å². The van der Waals surface area contributed by atoms with E-state index in [1.165, 1.54) is 127 Å². The van der Waals surface area contributed by atoms with E-state index in [-0.39, 0.29) is 5.41 Å². The van der Waals surface area contributed by atoms with Crippen LogP contribution in [-0.2, 0) is 5.41 Å². The molecule has 0 aliphatic heterocycles. The highest BCUT2D eigenvalue weighted by molar-refractivity contribution is 6.13. The van der Waals surface area contributed by atoms with Gasteiger partial charge in [-0.25, -0.2) is 0 Å². The Labute approximate surface area is 414 Å². The molecule has 2 heterocycles. The Morgan fingerprint density at radius 2 is 0.648 bits per heavy atom. The number of hydrogen-bond donors (Lipinski definition) is 0. The lowest BCUT2D eigenvalue weighted by Gasteiger charge is -2.22. The summed E-state index contributed by atoms with van der Waals surface area (Å²) < 4.78 is 4.92. The Bertz CT molecular complexity index is 4170. The minimum Gasteiger partial charge on any atom is -0.309 e. The second-order valence-electron chi connectivity index (χ2n) is 19.7. The first-order valence-electron chi connectivity index (χ1n) is 24.7. The van der Waals surface area contributed by atoms with Crippen LogP contribution in [0.25, 0.3) is 122 Å². The number of rotatable bonds is 7. The molecule has 0 atom stereocenters. The molecule has 2 nitrogen and oxygen atoms in total. The van der Waals surface area contributed by atoms with Crippen LogP contribution in [0.15, 0.2) is 255 Å². The van der Waals surface area contributed by atoms with Gasteiger partial charge < -0.3 is 9.13 Å². The fourth-order valence-corrected chi connectivity index (χ4v) is 11.8. The van der Waals surface area contributed by atoms with E-state index in [0.717, 1.165) is 5.69 Å². The van der Waals surface area contributed by atoms with Crippen molar-refractivity contribution >= 4 is 43.6 Å². The molecule has 0 spiro atoms. The third-order valence-corrected chi connectivity index (χ3v) is 15.3. The van der Waals surface area contributed by atoms with Gasteiger partial charge in [0.2, 0.25) is 0 Å². The molecule has 11 aromatic carbocycles. The van der Waals surface area contributed by atoms with Crippen molar-refractivity contribution in [3.8, 4) is 78.1 Å². The molecule has 14 rings (SSSR count). The van der Waals surface area contributed by atoms with Crippen LogP contribution in [0.3, 0.4) is 0 Å². The van der Waals surface area contributed by atoms with Gasteiger partial charge in [-0.05, 0) is 163 Å². The van der Waals surface area contributed by atoms with Crippen molar-refractivity contribution < 1.29 is 0 Å². The summed E-state index contributed by atoms with van der Waals surface area (Å²) >= 11 is 0. The van der Waals surface area contributed by atoms with Gasteiger partial charge in [-0.15, -0.1) is 0 Å². The van der Waals surface area contributed by atoms with E-state index in [4.69, 9.17) is 0 Å². The van der Waals surface area contributed by atoms with Gasteiger partial charge in [0, 0.05) is 38.3 Å². The van der Waals surface area contributed by atoms with Gasteiger partial charge in [0.25, 0.3) is 0 Å². The molecule has 0 radical (unpaired) electrons. The smallest absolute Gasteiger partial charge is 0.0541 e. The molecule has 0 fully saturated rings. The predicted molar refractivity (Wildman–Crippen MR) is 300 cm³/mol. The Morgan fingerprint density at radius 3 is 1.24 bits per heavy atom. The topological polar surface area (TPSA) is 9.86 Å². The van der Waals surface area contributed by atoms with Crippen molar-refractivity contribution in [2.24, 2.45) is 0 Å². The van der Waals surface area contributed by atoms with Crippen LogP contribution >= 0.6 is 0 Å². The maximum Gasteiger partial charge on any atom is 0.0541 e. The third kappa shape index (κ3) is 6.63. The summed E-state index contributed by atoms with van der Waals surface area (Å²) in [6.07, 6.45) is 0. The fourth-order valence-electron chi connectivity index (χ4n) is 11.8. The first kappa shape index (κ1) is 41.0. The van der Waals surface area contributed by atoms with E-state index in [1.807, 2.05) is 0 Å². The summed E-state index contributed by atoms with van der Waals surface area (Å²) in [6.45, 7) is 4.72. The van der Waals surface area contributed by atoms with Crippen LogP contribution in [0.2, 0.25) is 0 Å². The highest BCUT2D eigenvalue weighted by Gasteiger charge is 2.35. The lowest BCUT2D eigenvalue weighted by Crippen LogP contribution is -2.15. The first-order chi connectivity index (χ1) is 34.9. The molecular formula is C69H48N2. The minimum atomic E-state index is -0.0820. The van der Waals surface area contributed by atoms with Crippen molar-refractivity contribution in [2.45, 2.75) is 19.3 Å². The molecule has 0 saturated heterocycles. The zero-order valence-electron chi connectivity index (χ0n) is 39.6. The quantitative estimate of drug-likeness (QED) is 0.151. The molecule has 0 bridgehead atoms. The predicted octanol–water partition coefficient (Wildman–Crippen LogP) is 18.5. The van der Waals surface area contributed by atoms with E-state index in [2.05, 4.69) is 278 Å². The number of aromatic nitrogens is 2. The normalized spacial score (nSPS) is 12.8. The molecule has 334 valence electrons. The molecule has 0 amide bonds. The maximum absolute atomic E-state index is 2.46. The SMILES string of the molecule is CC1(C)c2ccccc2-c2ccc(-n3c4ccccc4c4cc(-c5ccc6c(c5)c5cc(-c7ccccc7)ccc5n6-c5cccc(-c6cc(-c7ccccc7)cc(-c7ccccc7)c6)c5)ccc43)cc21. The fraction of sp³-hybridized carbons (Fsp3) is 0.0435. The first-order valence-corrected chi connectivity index (χ1v) is 24.7. The van der Waals surface area contributed by atoms with Crippen LogP contribution < -0.4 is 0 Å². The molecule has 2 heteroatoms. The molecule has 0 unspecified atom stereocenters. The number of para-hydroxylation sites is 1. The zero-order chi connectivity index (χ0) is 47.2. The summed E-state index contributed by atoms with van der Waals surface area (Å²) in [4.78, 5) is 0. The minimum absolute atomic E-state index is 0.0820. The van der Waals surface area contributed by atoms with Crippen molar-refractivity contribution in [1.29, 1.82) is 0 Å². The molecular weight excluding hydrogens is 857 g/mol. The van der Waals surface area contributed by atoms with Crippen LogP contribution in [0.1, 0.15) is 25.0 Å². The van der Waals surface area contributed by atoms with Gasteiger partial charge in [0.1, 0.15) is 0 Å². The van der Waals surface area contributed by atoms with E-state index in [0.29, 0.717) is 0 Å². The number of hydrogen-bond acceptors (Lipinski definition) is 0. The average Bonchev–Trinajstić information content (AvgIpc) is 4.03. The van der Waals surface area contributed by atoms with Crippen molar-refractivity contribution in [1.82, 2.24) is 9.13 Å². The second kappa shape index (κ2) is 16.1. The van der Waals surface area contributed by atoms with Gasteiger partial charge in [-0.3, -0.25) is 0 Å². The average molecular weight is 905 g/mol. The van der Waals surface area contributed by atoms with Crippen molar-refractivity contribution in [3.05, 3.63) is 266 Å². The molecule has 0 saturated carbocycles. The van der Waals surface area contributed by atoms with Gasteiger partial charge >= 0.3 is 0 Å². The molecule has 13 aromatic rings. The second-order valence-corrected chi connectivity index (χ2v) is 19.7. The summed E-state index contributed by atoms with van der Waals surface area (Å²) in [5, 5.41) is 4.95. The molecule has 71 heavy (non-hydrogen) atoms. The van der Waals surface area contributed by atoms with Crippen molar-refractivity contribution in [2.75, 3.05) is 0 Å². The zero-order valence-corrected chi connectivity index (χ0v) is 39.6. The van der Waals surface area contributed by atoms with Gasteiger partial charge in [-0.2, -0.15) is 0 Å². The van der Waals surface area contributed by atoms with Gasteiger partial charge in [0.05, 0.1) is 22.1 Å². The molecule has 1 aliphatic rings. The number of nitrogens with zero attached hydrogens (tertiary/aromatic N) is 2. The molecule has 0 N–H and O–H groups in total. The van der Waals surface area contributed by atoms with Crippen LogP contribution in [-0.4, -0.2) is 9.13 Å². The summed E-state index contributed by atoms with van der Waals surface area (Å²) in [5.41, 5.74) is 24.4. The number of fused-ring (bicyclic) bond motifs is 9. The lowest BCUT2D eigenvalue weighted by atomic mass is 9.82. The highest BCUT2D eigenvalue weighted by atomic mass is 15.0. The van der Waals surface area contributed by atoms with E-state index in [9.17, 15) is 0 Å². The largest absolute Gasteiger partial charge is 0.309 e. The van der Waals surface area contributed by atoms with E-state index >= 15 is 0 Å².